The van der Waals surface area contributed by atoms with Crippen molar-refractivity contribution in [3.8, 4) is 0 Å². The minimum Gasteiger partial charge on any atom is -0.483 e. The van der Waals surface area contributed by atoms with Crippen molar-refractivity contribution in [2.75, 3.05) is 26.7 Å². The molecule has 21 heavy (non-hydrogen) atoms. The third-order valence-corrected chi connectivity index (χ3v) is 2.73. The minimum absolute atomic E-state index is 0.118. The van der Waals surface area contributed by atoms with Gasteiger partial charge in [0.15, 0.2) is 0 Å². The van der Waals surface area contributed by atoms with Gasteiger partial charge >= 0.3 is 6.09 Å². The van der Waals surface area contributed by atoms with E-state index in [0.717, 1.165) is 25.8 Å². The van der Waals surface area contributed by atoms with Gasteiger partial charge in [-0.05, 0) is 40.0 Å². The van der Waals surface area contributed by atoms with Crippen molar-refractivity contribution < 1.29 is 19.6 Å². The molecule has 6 N–H and O–H groups in total. The molecule has 1 amide bonds. The Kier molecular flexibility index (Phi) is 9.73. The summed E-state index contributed by atoms with van der Waals surface area (Å²) in [4.78, 5) is 11.4. The highest BCUT2D eigenvalue weighted by atomic mass is 16.6. The molecule has 0 aromatic rings. The molecule has 0 aromatic carbocycles. The first-order chi connectivity index (χ1) is 9.76. The number of rotatable bonds is 9. The lowest BCUT2D eigenvalue weighted by Crippen LogP contribution is -2.87. The van der Waals surface area contributed by atoms with Gasteiger partial charge in [-0.1, -0.05) is 0 Å². The van der Waals surface area contributed by atoms with E-state index < -0.39 is 5.60 Å². The fourth-order valence-electron chi connectivity index (χ4n) is 1.65. The molecule has 0 bridgehead atoms. The first-order valence-electron chi connectivity index (χ1n) is 7.43. The number of unbranched alkanes of at least 4 members (excludes halogenated alkanes) is 2. The Labute approximate surface area is 127 Å². The summed E-state index contributed by atoms with van der Waals surface area (Å²) in [6.45, 7) is 7.77. The first-order valence-corrected chi connectivity index (χ1v) is 7.43. The molecule has 0 saturated carbocycles. The SMILES string of the molecule is COC(=N)C(N)C[NH2+]CCCCCNC(=O)OC(C)(C)C. The lowest BCUT2D eigenvalue weighted by Gasteiger charge is -2.19. The van der Waals surface area contributed by atoms with Crippen LogP contribution in [-0.4, -0.2) is 50.4 Å². The molecule has 124 valence electrons. The van der Waals surface area contributed by atoms with E-state index in [4.69, 9.17) is 20.6 Å². The van der Waals surface area contributed by atoms with Crippen LogP contribution in [0.2, 0.25) is 0 Å². The lowest BCUT2D eigenvalue weighted by atomic mass is 10.2. The summed E-state index contributed by atoms with van der Waals surface area (Å²) in [6, 6.07) is -0.344. The van der Waals surface area contributed by atoms with Crippen LogP contribution in [0.15, 0.2) is 0 Å². The summed E-state index contributed by atoms with van der Waals surface area (Å²) in [5.41, 5.74) is 5.28. The fraction of sp³-hybridized carbons (Fsp3) is 0.857. The number of nitrogens with one attached hydrogen (secondary N) is 2. The number of hydrogen-bond acceptors (Lipinski definition) is 5. The van der Waals surface area contributed by atoms with Crippen molar-refractivity contribution >= 4 is 12.0 Å². The number of alkyl carbamates (subject to hydrolysis) is 1. The maximum atomic E-state index is 11.4. The minimum atomic E-state index is -0.451. The number of methoxy groups -OCH3 is 1. The van der Waals surface area contributed by atoms with E-state index in [1.165, 1.54) is 7.11 Å². The van der Waals surface area contributed by atoms with E-state index in [2.05, 4.69) is 10.6 Å². The van der Waals surface area contributed by atoms with Crippen molar-refractivity contribution in [3.63, 3.8) is 0 Å². The van der Waals surface area contributed by atoms with Crippen molar-refractivity contribution in [1.82, 2.24) is 5.32 Å². The summed E-state index contributed by atoms with van der Waals surface area (Å²) in [5, 5.41) is 12.2. The molecule has 0 aliphatic carbocycles. The molecule has 0 rings (SSSR count). The monoisotopic (exact) mass is 303 g/mol. The topological polar surface area (TPSA) is 114 Å². The Morgan fingerprint density at radius 1 is 1.33 bits per heavy atom. The summed E-state index contributed by atoms with van der Waals surface area (Å²) in [7, 11) is 1.46. The molecule has 1 atom stereocenters. The Balaban J connectivity index is 3.41. The number of ether oxygens (including phenoxy) is 2. The highest BCUT2D eigenvalue weighted by Gasteiger charge is 2.15. The summed E-state index contributed by atoms with van der Waals surface area (Å²) < 4.78 is 9.91. The van der Waals surface area contributed by atoms with Gasteiger partial charge in [0.1, 0.15) is 11.6 Å². The van der Waals surface area contributed by atoms with E-state index in [9.17, 15) is 4.79 Å². The molecular weight excluding hydrogens is 272 g/mol. The van der Waals surface area contributed by atoms with Crippen molar-refractivity contribution in [2.24, 2.45) is 5.73 Å². The van der Waals surface area contributed by atoms with Gasteiger partial charge in [-0.3, -0.25) is 5.41 Å². The highest BCUT2D eigenvalue weighted by Crippen LogP contribution is 2.06. The smallest absolute Gasteiger partial charge is 0.407 e. The highest BCUT2D eigenvalue weighted by molar-refractivity contribution is 5.78. The second kappa shape index (κ2) is 10.4. The number of hydrogen-bond donors (Lipinski definition) is 4. The lowest BCUT2D eigenvalue weighted by molar-refractivity contribution is -0.655. The van der Waals surface area contributed by atoms with E-state index in [0.29, 0.717) is 13.1 Å². The molecule has 1 unspecified atom stereocenters. The molecule has 0 heterocycles. The summed E-state index contributed by atoms with van der Waals surface area (Å²) >= 11 is 0. The van der Waals surface area contributed by atoms with E-state index in [1.54, 1.807) is 0 Å². The van der Waals surface area contributed by atoms with Gasteiger partial charge in [-0.2, -0.15) is 0 Å². The summed E-state index contributed by atoms with van der Waals surface area (Å²) in [6.07, 6.45) is 2.64. The molecule has 7 heteroatoms. The van der Waals surface area contributed by atoms with Gasteiger partial charge in [-0.15, -0.1) is 0 Å². The van der Waals surface area contributed by atoms with Crippen LogP contribution in [0.25, 0.3) is 0 Å². The van der Waals surface area contributed by atoms with Crippen molar-refractivity contribution in [3.05, 3.63) is 0 Å². The fourth-order valence-corrected chi connectivity index (χ4v) is 1.65. The molecular formula is C14H31N4O3+. The Morgan fingerprint density at radius 2 is 2.00 bits per heavy atom. The average Bonchev–Trinajstić information content (AvgIpc) is 2.38. The molecule has 0 aliphatic rings. The maximum absolute atomic E-state index is 11.4. The van der Waals surface area contributed by atoms with Crippen molar-refractivity contribution in [1.29, 1.82) is 5.41 Å². The van der Waals surface area contributed by atoms with Crippen LogP contribution in [0.3, 0.4) is 0 Å². The zero-order valence-electron chi connectivity index (χ0n) is 13.7. The average molecular weight is 303 g/mol. The number of nitrogens with two attached hydrogens (primary N) is 2. The molecule has 0 radical (unpaired) electrons. The van der Waals surface area contributed by atoms with Gasteiger partial charge in [0.25, 0.3) is 0 Å². The largest absolute Gasteiger partial charge is 0.483 e. The molecule has 0 aromatic heterocycles. The van der Waals surface area contributed by atoms with Crippen LogP contribution in [0.4, 0.5) is 4.79 Å². The standard InChI is InChI=1S/C14H30N4O3/c1-14(2,3)21-13(19)18-9-7-5-6-8-17-10-11(15)12(16)20-4/h11,16-17H,5-10,15H2,1-4H3,(H,18,19)/p+1. The number of amides is 1. The Hall–Kier alpha value is -1.34. The second-order valence-electron chi connectivity index (χ2n) is 5.98. The quantitative estimate of drug-likeness (QED) is 0.277. The Morgan fingerprint density at radius 3 is 2.57 bits per heavy atom. The van der Waals surface area contributed by atoms with Gasteiger partial charge in [0.2, 0.25) is 5.90 Å². The third kappa shape index (κ3) is 12.1. The molecule has 0 aliphatic heterocycles. The molecule has 7 nitrogen and oxygen atoms in total. The number of carbonyl (C=O) groups is 1. The molecule has 0 spiro atoms. The van der Waals surface area contributed by atoms with E-state index in [-0.39, 0.29) is 18.0 Å². The predicted molar refractivity (Wildman–Crippen MR) is 82.5 cm³/mol. The Bertz CT molecular complexity index is 316. The zero-order valence-corrected chi connectivity index (χ0v) is 13.7. The van der Waals surface area contributed by atoms with Crippen LogP contribution in [0, 0.1) is 5.41 Å². The van der Waals surface area contributed by atoms with Crippen LogP contribution >= 0.6 is 0 Å². The predicted octanol–water partition coefficient (Wildman–Crippen LogP) is 0.196. The second-order valence-corrected chi connectivity index (χ2v) is 5.98. The first kappa shape index (κ1) is 19.7. The van der Waals surface area contributed by atoms with Gasteiger partial charge in [0, 0.05) is 6.54 Å². The normalized spacial score (nSPS) is 12.6. The molecule has 0 fully saturated rings. The van der Waals surface area contributed by atoms with Crippen LogP contribution in [-0.2, 0) is 9.47 Å². The number of carbonyl (C=O) groups excluding carboxylic acids is 1. The zero-order chi connectivity index (χ0) is 16.3. The van der Waals surface area contributed by atoms with Gasteiger partial charge in [-0.25, -0.2) is 4.79 Å². The van der Waals surface area contributed by atoms with E-state index in [1.807, 2.05) is 20.8 Å². The van der Waals surface area contributed by atoms with Crippen LogP contribution in [0.1, 0.15) is 40.0 Å². The summed E-state index contributed by atoms with van der Waals surface area (Å²) in [5.74, 6) is 0.118. The van der Waals surface area contributed by atoms with Crippen molar-refractivity contribution in [2.45, 2.75) is 51.7 Å². The van der Waals surface area contributed by atoms with Crippen LogP contribution < -0.4 is 16.4 Å². The molecule has 0 saturated heterocycles. The number of quaternary nitrogens is 1. The van der Waals surface area contributed by atoms with Gasteiger partial charge < -0.3 is 25.8 Å². The third-order valence-electron chi connectivity index (χ3n) is 2.73. The van der Waals surface area contributed by atoms with E-state index >= 15 is 0 Å². The van der Waals surface area contributed by atoms with Gasteiger partial charge in [0.05, 0.1) is 20.2 Å². The van der Waals surface area contributed by atoms with Crippen LogP contribution in [0.5, 0.6) is 0 Å². The maximum Gasteiger partial charge on any atom is 0.407 e.